The number of para-hydroxylation sites is 1. The van der Waals surface area contributed by atoms with Gasteiger partial charge in [-0.3, -0.25) is 14.2 Å². The van der Waals surface area contributed by atoms with Gasteiger partial charge in [0.25, 0.3) is 5.56 Å². The number of fused-ring (bicyclic) bond motifs is 1. The highest BCUT2D eigenvalue weighted by Crippen LogP contribution is 2.32. The zero-order valence-corrected chi connectivity index (χ0v) is 20.2. The molecule has 1 aliphatic heterocycles. The largest absolute Gasteiger partial charge is 0.376 e. The second kappa shape index (κ2) is 9.47. The Morgan fingerprint density at radius 1 is 1.15 bits per heavy atom. The molecule has 0 N–H and O–H groups in total. The maximum atomic E-state index is 13.3. The molecule has 0 bridgehead atoms. The van der Waals surface area contributed by atoms with Crippen LogP contribution in [0.15, 0.2) is 40.3 Å². The number of hydrogen-bond donors (Lipinski definition) is 0. The molecule has 1 saturated carbocycles. The molecule has 2 aliphatic rings. The molecule has 1 aromatic carbocycles. The van der Waals surface area contributed by atoms with E-state index < -0.39 is 0 Å². The second-order valence-electron chi connectivity index (χ2n) is 9.27. The number of Topliss-reactive ketones (excluding diaryl/α,β-unsaturated/α-hetero) is 1. The van der Waals surface area contributed by atoms with E-state index in [9.17, 15) is 9.59 Å². The first-order chi connectivity index (χ1) is 16.0. The predicted molar refractivity (Wildman–Crippen MR) is 131 cm³/mol. The number of carbonyl (C=O) groups excluding carboxylic acids is 1. The number of carbonyl (C=O) groups is 1. The Morgan fingerprint density at radius 2 is 1.94 bits per heavy atom. The maximum Gasteiger partial charge on any atom is 0.262 e. The average Bonchev–Trinajstić information content (AvgIpc) is 3.57. The van der Waals surface area contributed by atoms with E-state index in [-0.39, 0.29) is 29.2 Å². The monoisotopic (exact) mass is 465 g/mol. The van der Waals surface area contributed by atoms with E-state index in [0.717, 1.165) is 68.6 Å². The molecule has 0 spiro atoms. The molecular weight excluding hydrogens is 434 g/mol. The fourth-order valence-corrected chi connectivity index (χ4v) is 6.23. The Labute approximate surface area is 198 Å². The van der Waals surface area contributed by atoms with E-state index in [4.69, 9.17) is 9.72 Å². The van der Waals surface area contributed by atoms with Crippen LogP contribution >= 0.6 is 11.8 Å². The van der Waals surface area contributed by atoms with Crippen molar-refractivity contribution < 1.29 is 9.53 Å². The molecule has 0 amide bonds. The average molecular weight is 466 g/mol. The Hall–Kier alpha value is -2.38. The van der Waals surface area contributed by atoms with Gasteiger partial charge < -0.3 is 9.30 Å². The number of aromatic nitrogens is 3. The van der Waals surface area contributed by atoms with E-state index >= 15 is 0 Å². The van der Waals surface area contributed by atoms with Crippen molar-refractivity contribution in [3.8, 4) is 0 Å². The minimum absolute atomic E-state index is 0.0113. The van der Waals surface area contributed by atoms with Gasteiger partial charge in [-0.15, -0.1) is 0 Å². The fraction of sp³-hybridized carbons (Fsp3) is 0.500. The van der Waals surface area contributed by atoms with Crippen LogP contribution in [0.25, 0.3) is 10.9 Å². The van der Waals surface area contributed by atoms with Crippen LogP contribution in [-0.4, -0.2) is 38.4 Å². The van der Waals surface area contributed by atoms with E-state index in [1.165, 1.54) is 11.8 Å². The van der Waals surface area contributed by atoms with Gasteiger partial charge in [-0.1, -0.05) is 36.7 Å². The summed E-state index contributed by atoms with van der Waals surface area (Å²) < 4.78 is 9.86. The first kappa shape index (κ1) is 22.4. The van der Waals surface area contributed by atoms with E-state index in [2.05, 4.69) is 11.5 Å². The van der Waals surface area contributed by atoms with Gasteiger partial charge in [0.1, 0.15) is 0 Å². The van der Waals surface area contributed by atoms with Crippen LogP contribution in [0.4, 0.5) is 0 Å². The SMILES string of the molecule is Cc1cc(C(=O)CSc2nc3ccccc3c(=O)n2C2CCCC2)c(C)n1CC1CCCO1. The van der Waals surface area contributed by atoms with Crippen molar-refractivity contribution in [2.45, 2.75) is 76.2 Å². The number of rotatable bonds is 7. The quantitative estimate of drug-likeness (QED) is 0.276. The standard InChI is InChI=1S/C26H31N3O3S/c1-17-14-22(18(2)28(17)15-20-10-7-13-32-20)24(30)16-33-26-27-23-12-6-5-11-21(23)25(31)29(26)19-8-3-4-9-19/h5-6,11-12,14,19-20H,3-4,7-10,13,15-16H2,1-2H3. The number of nitrogens with zero attached hydrogens (tertiary/aromatic N) is 3. The fourth-order valence-electron chi connectivity index (χ4n) is 5.28. The molecule has 0 radical (unpaired) electrons. The van der Waals surface area contributed by atoms with Crippen molar-refractivity contribution in [2.24, 2.45) is 0 Å². The third-order valence-electron chi connectivity index (χ3n) is 7.08. The van der Waals surface area contributed by atoms with Gasteiger partial charge in [-0.25, -0.2) is 4.98 Å². The highest BCUT2D eigenvalue weighted by Gasteiger charge is 2.25. The second-order valence-corrected chi connectivity index (χ2v) is 10.2. The summed E-state index contributed by atoms with van der Waals surface area (Å²) in [5, 5.41) is 1.31. The molecule has 174 valence electrons. The van der Waals surface area contributed by atoms with E-state index in [1.54, 1.807) is 0 Å². The third-order valence-corrected chi connectivity index (χ3v) is 8.03. The summed E-state index contributed by atoms with van der Waals surface area (Å²) in [6.07, 6.45) is 6.65. The lowest BCUT2D eigenvalue weighted by molar-refractivity contribution is 0.0957. The summed E-state index contributed by atoms with van der Waals surface area (Å²) in [6, 6.07) is 9.66. The third kappa shape index (κ3) is 4.41. The number of benzene rings is 1. The lowest BCUT2D eigenvalue weighted by atomic mass is 10.2. The van der Waals surface area contributed by atoms with Gasteiger partial charge in [0.05, 0.1) is 22.8 Å². The van der Waals surface area contributed by atoms with Crippen molar-refractivity contribution in [1.29, 1.82) is 0 Å². The molecule has 3 heterocycles. The van der Waals surface area contributed by atoms with Crippen LogP contribution in [0.2, 0.25) is 0 Å². The number of aryl methyl sites for hydroxylation is 1. The molecule has 1 saturated heterocycles. The predicted octanol–water partition coefficient (Wildman–Crippen LogP) is 5.08. The Balaban J connectivity index is 1.40. The molecule has 2 aromatic heterocycles. The van der Waals surface area contributed by atoms with Gasteiger partial charge >= 0.3 is 0 Å². The molecule has 1 aliphatic carbocycles. The summed E-state index contributed by atoms with van der Waals surface area (Å²) in [5.41, 5.74) is 3.54. The number of hydrogen-bond acceptors (Lipinski definition) is 5. The summed E-state index contributed by atoms with van der Waals surface area (Å²) in [5.74, 6) is 0.342. The number of ketones is 1. The highest BCUT2D eigenvalue weighted by molar-refractivity contribution is 7.99. The van der Waals surface area contributed by atoms with Gasteiger partial charge in [0.15, 0.2) is 10.9 Å². The van der Waals surface area contributed by atoms with E-state index in [1.807, 2.05) is 41.8 Å². The van der Waals surface area contributed by atoms with Crippen LogP contribution in [-0.2, 0) is 11.3 Å². The number of thioether (sulfide) groups is 1. The van der Waals surface area contributed by atoms with Crippen molar-refractivity contribution in [1.82, 2.24) is 14.1 Å². The number of ether oxygens (including phenoxy) is 1. The zero-order chi connectivity index (χ0) is 22.9. The van der Waals surface area contributed by atoms with Crippen molar-refractivity contribution in [2.75, 3.05) is 12.4 Å². The maximum absolute atomic E-state index is 13.3. The summed E-state index contributed by atoms with van der Waals surface area (Å²) in [6.45, 7) is 5.69. The smallest absolute Gasteiger partial charge is 0.262 e. The topological polar surface area (TPSA) is 66.1 Å². The van der Waals surface area contributed by atoms with Gasteiger partial charge in [-0.05, 0) is 57.7 Å². The Morgan fingerprint density at radius 3 is 2.70 bits per heavy atom. The lowest BCUT2D eigenvalue weighted by Crippen LogP contribution is -2.26. The van der Waals surface area contributed by atoms with Crippen LogP contribution in [0.5, 0.6) is 0 Å². The summed E-state index contributed by atoms with van der Waals surface area (Å²) in [4.78, 5) is 31.4. The van der Waals surface area contributed by atoms with Crippen LogP contribution in [0, 0.1) is 13.8 Å². The first-order valence-corrected chi connectivity index (χ1v) is 13.0. The highest BCUT2D eigenvalue weighted by atomic mass is 32.2. The molecule has 2 fully saturated rings. The van der Waals surface area contributed by atoms with Gasteiger partial charge in [0, 0.05) is 36.1 Å². The molecule has 1 atom stereocenters. The van der Waals surface area contributed by atoms with Crippen LogP contribution < -0.4 is 5.56 Å². The first-order valence-electron chi connectivity index (χ1n) is 12.0. The Bertz CT molecular complexity index is 1230. The molecule has 7 heteroatoms. The molecular formula is C26H31N3O3S. The van der Waals surface area contributed by atoms with Gasteiger partial charge in [0.2, 0.25) is 0 Å². The molecule has 33 heavy (non-hydrogen) atoms. The lowest BCUT2D eigenvalue weighted by Gasteiger charge is -2.18. The zero-order valence-electron chi connectivity index (χ0n) is 19.4. The van der Waals surface area contributed by atoms with Crippen molar-refractivity contribution in [3.05, 3.63) is 57.6 Å². The van der Waals surface area contributed by atoms with Crippen molar-refractivity contribution in [3.63, 3.8) is 0 Å². The van der Waals surface area contributed by atoms with E-state index in [0.29, 0.717) is 16.1 Å². The summed E-state index contributed by atoms with van der Waals surface area (Å²) in [7, 11) is 0. The minimum Gasteiger partial charge on any atom is -0.376 e. The molecule has 3 aromatic rings. The van der Waals surface area contributed by atoms with Gasteiger partial charge in [-0.2, -0.15) is 0 Å². The van der Waals surface area contributed by atoms with Crippen molar-refractivity contribution >= 4 is 28.4 Å². The molecule has 5 rings (SSSR count). The minimum atomic E-state index is 0.0113. The summed E-state index contributed by atoms with van der Waals surface area (Å²) >= 11 is 1.39. The Kier molecular flexibility index (Phi) is 6.43. The molecule has 1 unspecified atom stereocenters. The molecule has 6 nitrogen and oxygen atoms in total. The normalized spacial score (nSPS) is 19.0. The van der Waals surface area contributed by atoms with Crippen LogP contribution in [0.3, 0.4) is 0 Å². The van der Waals surface area contributed by atoms with Crippen LogP contribution in [0.1, 0.15) is 66.3 Å².